The van der Waals surface area contributed by atoms with Crippen molar-refractivity contribution in [1.29, 1.82) is 0 Å². The number of anilines is 3. The van der Waals surface area contributed by atoms with Crippen molar-refractivity contribution in [2.45, 2.75) is 0 Å². The molecule has 1 nitrogen and oxygen atoms in total. The summed E-state index contributed by atoms with van der Waals surface area (Å²) >= 11 is 0. The standard InChI is InChI=1S/C56H39N/c1-4-14-40(15-5-1)42-24-26-46(27-25-42)52-37-32-47(38-55(52)45-18-8-3-9-19-45)44-30-35-50(36-31-44)57(49-33-28-43(29-34-49)41-16-6-2-7-17-41)56-39-48-20-10-11-21-51(48)53-22-12-13-23-54(53)56/h1-39H. The van der Waals surface area contributed by atoms with E-state index in [9.17, 15) is 0 Å². The van der Waals surface area contributed by atoms with Gasteiger partial charge in [0.05, 0.1) is 5.69 Å². The molecule has 0 N–H and O–H groups in total. The summed E-state index contributed by atoms with van der Waals surface area (Å²) in [6.07, 6.45) is 0. The zero-order valence-corrected chi connectivity index (χ0v) is 31.5. The van der Waals surface area contributed by atoms with Crippen LogP contribution >= 0.6 is 0 Å². The Morgan fingerprint density at radius 1 is 0.228 bits per heavy atom. The summed E-state index contributed by atoms with van der Waals surface area (Å²) in [7, 11) is 0. The van der Waals surface area contributed by atoms with Crippen LogP contribution < -0.4 is 4.90 Å². The zero-order chi connectivity index (χ0) is 38.0. The molecule has 0 atom stereocenters. The highest BCUT2D eigenvalue weighted by molar-refractivity contribution is 6.14. The predicted molar refractivity (Wildman–Crippen MR) is 243 cm³/mol. The highest BCUT2D eigenvalue weighted by Gasteiger charge is 2.18. The van der Waals surface area contributed by atoms with E-state index in [1.54, 1.807) is 0 Å². The molecule has 0 saturated heterocycles. The first-order valence-electron chi connectivity index (χ1n) is 19.6. The number of nitrogens with zero attached hydrogens (tertiary/aromatic N) is 1. The molecule has 0 aliphatic rings. The van der Waals surface area contributed by atoms with E-state index in [1.807, 2.05) is 0 Å². The van der Waals surface area contributed by atoms with Crippen LogP contribution in [0.5, 0.6) is 0 Å². The van der Waals surface area contributed by atoms with Crippen LogP contribution in [-0.4, -0.2) is 0 Å². The molecule has 0 amide bonds. The summed E-state index contributed by atoms with van der Waals surface area (Å²) in [6.45, 7) is 0. The molecule has 0 unspecified atom stereocenters. The van der Waals surface area contributed by atoms with Gasteiger partial charge >= 0.3 is 0 Å². The number of hydrogen-bond acceptors (Lipinski definition) is 1. The highest BCUT2D eigenvalue weighted by atomic mass is 15.1. The van der Waals surface area contributed by atoms with Gasteiger partial charge in [-0.25, -0.2) is 0 Å². The van der Waals surface area contributed by atoms with Crippen LogP contribution in [0.2, 0.25) is 0 Å². The molecule has 10 aromatic carbocycles. The smallest absolute Gasteiger partial charge is 0.0546 e. The monoisotopic (exact) mass is 725 g/mol. The molecular formula is C56H39N. The normalized spacial score (nSPS) is 11.2. The van der Waals surface area contributed by atoms with E-state index >= 15 is 0 Å². The fourth-order valence-electron chi connectivity index (χ4n) is 8.19. The van der Waals surface area contributed by atoms with Gasteiger partial charge in [0.2, 0.25) is 0 Å². The van der Waals surface area contributed by atoms with Crippen molar-refractivity contribution in [3.05, 3.63) is 237 Å². The molecule has 57 heavy (non-hydrogen) atoms. The van der Waals surface area contributed by atoms with Crippen molar-refractivity contribution in [3.8, 4) is 55.6 Å². The molecule has 0 aliphatic carbocycles. The molecular weight excluding hydrogens is 687 g/mol. The van der Waals surface area contributed by atoms with Gasteiger partial charge in [-0.2, -0.15) is 0 Å². The Balaban J connectivity index is 1.06. The summed E-state index contributed by atoms with van der Waals surface area (Å²) in [5.74, 6) is 0. The van der Waals surface area contributed by atoms with Crippen LogP contribution in [0.15, 0.2) is 237 Å². The number of benzene rings is 10. The number of rotatable bonds is 8. The fourth-order valence-corrected chi connectivity index (χ4v) is 8.19. The minimum absolute atomic E-state index is 1.10. The van der Waals surface area contributed by atoms with Crippen molar-refractivity contribution >= 4 is 38.6 Å². The second-order valence-electron chi connectivity index (χ2n) is 14.5. The molecule has 0 fully saturated rings. The molecule has 0 radical (unpaired) electrons. The first-order valence-corrected chi connectivity index (χ1v) is 19.6. The minimum Gasteiger partial charge on any atom is -0.310 e. The summed E-state index contributed by atoms with van der Waals surface area (Å²) in [6, 6.07) is 85.6. The van der Waals surface area contributed by atoms with E-state index in [0.29, 0.717) is 0 Å². The van der Waals surface area contributed by atoms with Gasteiger partial charge in [0, 0.05) is 16.8 Å². The van der Waals surface area contributed by atoms with Crippen LogP contribution in [0.1, 0.15) is 0 Å². The van der Waals surface area contributed by atoms with Crippen LogP contribution in [0, 0.1) is 0 Å². The van der Waals surface area contributed by atoms with Gasteiger partial charge in [0.1, 0.15) is 0 Å². The van der Waals surface area contributed by atoms with Crippen LogP contribution in [0.4, 0.5) is 17.1 Å². The van der Waals surface area contributed by atoms with Crippen molar-refractivity contribution in [1.82, 2.24) is 0 Å². The summed E-state index contributed by atoms with van der Waals surface area (Å²) in [5.41, 5.74) is 15.4. The van der Waals surface area contributed by atoms with Crippen molar-refractivity contribution in [2.24, 2.45) is 0 Å². The Hall–Kier alpha value is -7.48. The largest absolute Gasteiger partial charge is 0.310 e. The Labute approximate surface area is 334 Å². The Bertz CT molecular complexity index is 2950. The molecule has 0 heterocycles. The molecule has 0 spiro atoms. The quantitative estimate of drug-likeness (QED) is 0.141. The molecule has 10 aromatic rings. The first kappa shape index (κ1) is 34.0. The Morgan fingerprint density at radius 3 is 1.19 bits per heavy atom. The Kier molecular flexibility index (Phi) is 8.95. The second kappa shape index (κ2) is 15.0. The van der Waals surface area contributed by atoms with E-state index < -0.39 is 0 Å². The average molecular weight is 726 g/mol. The van der Waals surface area contributed by atoms with Gasteiger partial charge in [-0.3, -0.25) is 0 Å². The van der Waals surface area contributed by atoms with Crippen LogP contribution in [-0.2, 0) is 0 Å². The fraction of sp³-hybridized carbons (Fsp3) is 0. The Morgan fingerprint density at radius 2 is 0.614 bits per heavy atom. The third kappa shape index (κ3) is 6.66. The summed E-state index contributed by atoms with van der Waals surface area (Å²) in [4.78, 5) is 2.41. The van der Waals surface area contributed by atoms with Gasteiger partial charge in [-0.1, -0.05) is 200 Å². The summed E-state index contributed by atoms with van der Waals surface area (Å²) in [5, 5.41) is 4.94. The molecule has 1 heteroatoms. The third-order valence-corrected chi connectivity index (χ3v) is 11.1. The van der Waals surface area contributed by atoms with E-state index in [4.69, 9.17) is 0 Å². The van der Waals surface area contributed by atoms with E-state index in [1.165, 1.54) is 77.2 Å². The topological polar surface area (TPSA) is 3.24 Å². The molecule has 0 bridgehead atoms. The summed E-state index contributed by atoms with van der Waals surface area (Å²) < 4.78 is 0. The maximum absolute atomic E-state index is 2.41. The molecule has 0 aromatic heterocycles. The predicted octanol–water partition coefficient (Wildman–Crippen LogP) is 15.8. The van der Waals surface area contributed by atoms with Crippen LogP contribution in [0.3, 0.4) is 0 Å². The SMILES string of the molecule is c1ccc(-c2ccc(-c3ccc(-c4ccc(N(c5ccc(-c6ccccc6)cc5)c5cc6ccccc6c6ccccc56)cc4)cc3-c3ccccc3)cc2)cc1. The number of hydrogen-bond donors (Lipinski definition) is 0. The average Bonchev–Trinajstić information content (AvgIpc) is 3.30. The van der Waals surface area contributed by atoms with Gasteiger partial charge in [0.25, 0.3) is 0 Å². The van der Waals surface area contributed by atoms with Gasteiger partial charge < -0.3 is 4.90 Å². The van der Waals surface area contributed by atoms with Gasteiger partial charge in [0.15, 0.2) is 0 Å². The van der Waals surface area contributed by atoms with Crippen molar-refractivity contribution < 1.29 is 0 Å². The zero-order valence-electron chi connectivity index (χ0n) is 31.5. The molecule has 0 aliphatic heterocycles. The molecule has 10 rings (SSSR count). The van der Waals surface area contributed by atoms with Gasteiger partial charge in [-0.05, 0) is 108 Å². The maximum Gasteiger partial charge on any atom is 0.0546 e. The third-order valence-electron chi connectivity index (χ3n) is 11.1. The second-order valence-corrected chi connectivity index (χ2v) is 14.5. The lowest BCUT2D eigenvalue weighted by molar-refractivity contribution is 1.30. The molecule has 268 valence electrons. The lowest BCUT2D eigenvalue weighted by Gasteiger charge is -2.28. The van der Waals surface area contributed by atoms with E-state index in [0.717, 1.165) is 17.1 Å². The first-order chi connectivity index (χ1) is 28.3. The van der Waals surface area contributed by atoms with Crippen molar-refractivity contribution in [3.63, 3.8) is 0 Å². The minimum atomic E-state index is 1.10. The maximum atomic E-state index is 2.41. The molecule has 0 saturated carbocycles. The van der Waals surface area contributed by atoms with E-state index in [2.05, 4.69) is 241 Å². The lowest BCUT2D eigenvalue weighted by Crippen LogP contribution is -2.10. The van der Waals surface area contributed by atoms with Crippen LogP contribution in [0.25, 0.3) is 77.2 Å². The number of fused-ring (bicyclic) bond motifs is 3. The van der Waals surface area contributed by atoms with Crippen molar-refractivity contribution in [2.75, 3.05) is 4.90 Å². The highest BCUT2D eigenvalue weighted by Crippen LogP contribution is 2.43. The van der Waals surface area contributed by atoms with Gasteiger partial charge in [-0.15, -0.1) is 0 Å². The lowest BCUT2D eigenvalue weighted by atomic mass is 9.90. The van der Waals surface area contributed by atoms with E-state index in [-0.39, 0.29) is 0 Å².